The Kier molecular flexibility index (Phi) is 4.96. The third kappa shape index (κ3) is 3.74. The normalized spacial score (nSPS) is 15.3. The fourth-order valence-corrected chi connectivity index (χ4v) is 3.32. The first-order chi connectivity index (χ1) is 14.8. The lowest BCUT2D eigenvalue weighted by Gasteiger charge is -2.26. The number of carbonyl (C=O) groups is 4. The molecule has 1 aliphatic rings. The largest absolute Gasteiger partial charge is 0.478 e. The third-order valence-corrected chi connectivity index (χ3v) is 4.83. The average molecular weight is 415 g/mol. The number of imide groups is 2. The zero-order chi connectivity index (χ0) is 22.1. The van der Waals surface area contributed by atoms with Gasteiger partial charge in [0.15, 0.2) is 0 Å². The van der Waals surface area contributed by atoms with Gasteiger partial charge in [0.2, 0.25) is 0 Å². The maximum Gasteiger partial charge on any atom is 0.335 e. The molecule has 0 saturated carbocycles. The van der Waals surface area contributed by atoms with Crippen molar-refractivity contribution in [1.82, 2.24) is 9.88 Å². The topological polar surface area (TPSA) is 109 Å². The summed E-state index contributed by atoms with van der Waals surface area (Å²) >= 11 is 0. The molecule has 1 aliphatic heterocycles. The molecule has 0 aliphatic carbocycles. The van der Waals surface area contributed by atoms with Crippen molar-refractivity contribution in [1.29, 1.82) is 0 Å². The molecule has 0 spiro atoms. The summed E-state index contributed by atoms with van der Waals surface area (Å²) in [4.78, 5) is 49.8. The molecule has 4 amide bonds. The molecule has 1 fully saturated rings. The first-order valence-electron chi connectivity index (χ1n) is 9.34. The van der Waals surface area contributed by atoms with Gasteiger partial charge in [-0.25, -0.2) is 14.5 Å². The van der Waals surface area contributed by atoms with E-state index in [9.17, 15) is 19.2 Å². The van der Waals surface area contributed by atoms with Crippen LogP contribution in [0.15, 0.2) is 72.4 Å². The van der Waals surface area contributed by atoms with Crippen LogP contribution in [-0.2, 0) is 9.59 Å². The van der Waals surface area contributed by atoms with E-state index in [1.165, 1.54) is 18.2 Å². The van der Waals surface area contributed by atoms with E-state index in [0.29, 0.717) is 17.1 Å². The second kappa shape index (κ2) is 7.75. The Balaban J connectivity index is 1.72. The van der Waals surface area contributed by atoms with Gasteiger partial charge < -0.3 is 9.67 Å². The molecule has 8 heteroatoms. The summed E-state index contributed by atoms with van der Waals surface area (Å²) in [6, 6.07) is 15.6. The highest BCUT2D eigenvalue weighted by Crippen LogP contribution is 2.24. The zero-order valence-corrected chi connectivity index (χ0v) is 16.4. The Bertz CT molecular complexity index is 1250. The van der Waals surface area contributed by atoms with Gasteiger partial charge in [0.05, 0.1) is 11.3 Å². The van der Waals surface area contributed by atoms with Crippen LogP contribution >= 0.6 is 0 Å². The quantitative estimate of drug-likeness (QED) is 0.503. The molecular weight excluding hydrogens is 398 g/mol. The number of carbonyl (C=O) groups excluding carboxylic acids is 3. The highest BCUT2D eigenvalue weighted by atomic mass is 16.4. The predicted molar refractivity (Wildman–Crippen MR) is 113 cm³/mol. The summed E-state index contributed by atoms with van der Waals surface area (Å²) in [5, 5.41) is 11.3. The van der Waals surface area contributed by atoms with Crippen LogP contribution in [-0.4, -0.2) is 33.5 Å². The van der Waals surface area contributed by atoms with E-state index < -0.39 is 23.8 Å². The molecule has 31 heavy (non-hydrogen) atoms. The number of aryl methyl sites for hydroxylation is 1. The number of aromatic nitrogens is 1. The maximum atomic E-state index is 13.1. The number of hydrogen-bond donors (Lipinski definition) is 2. The minimum absolute atomic E-state index is 0.143. The summed E-state index contributed by atoms with van der Waals surface area (Å²) < 4.78 is 1.70. The van der Waals surface area contributed by atoms with Crippen LogP contribution in [0.2, 0.25) is 0 Å². The first-order valence-corrected chi connectivity index (χ1v) is 9.34. The Morgan fingerprint density at radius 2 is 1.71 bits per heavy atom. The van der Waals surface area contributed by atoms with Gasteiger partial charge in [0.1, 0.15) is 5.57 Å². The number of nitrogens with zero attached hydrogens (tertiary/aromatic N) is 2. The molecule has 1 aromatic heterocycles. The van der Waals surface area contributed by atoms with Gasteiger partial charge in [0, 0.05) is 17.6 Å². The standard InChI is InChI=1S/C23H17N3O5/c1-14-4-2-5-18(12-14)26-21(28)19(20(27)24-23(26)31)13-17-6-3-11-25(17)16-9-7-15(8-10-16)22(29)30/h2-13H,1H3,(H,29,30)(H,24,27,31)/b19-13+. The Hall–Kier alpha value is -4.46. The lowest BCUT2D eigenvalue weighted by molar-refractivity contribution is -0.122. The molecule has 0 atom stereocenters. The number of benzene rings is 2. The van der Waals surface area contributed by atoms with Crippen molar-refractivity contribution < 1.29 is 24.3 Å². The molecular formula is C23H17N3O5. The number of carboxylic acids is 1. The number of carboxylic acid groups (broad SMARTS) is 1. The smallest absolute Gasteiger partial charge is 0.335 e. The number of rotatable bonds is 4. The number of barbiturate groups is 1. The minimum Gasteiger partial charge on any atom is -0.478 e. The second-order valence-electron chi connectivity index (χ2n) is 6.95. The Labute approximate surface area is 177 Å². The monoisotopic (exact) mass is 415 g/mol. The van der Waals surface area contributed by atoms with E-state index in [-0.39, 0.29) is 11.1 Å². The SMILES string of the molecule is Cc1cccc(N2C(=O)NC(=O)/C(=C\c3cccn3-c3ccc(C(=O)O)cc3)C2=O)c1. The molecule has 3 aromatic rings. The molecule has 0 bridgehead atoms. The molecule has 2 heterocycles. The van der Waals surface area contributed by atoms with Gasteiger partial charge in [-0.05, 0) is 67.1 Å². The average Bonchev–Trinajstić information content (AvgIpc) is 3.19. The van der Waals surface area contributed by atoms with Crippen molar-refractivity contribution in [2.45, 2.75) is 6.92 Å². The molecule has 154 valence electrons. The first kappa shape index (κ1) is 19.8. The number of amides is 4. The summed E-state index contributed by atoms with van der Waals surface area (Å²) in [5.41, 5.74) is 2.34. The number of nitrogens with one attached hydrogen (secondary N) is 1. The lowest BCUT2D eigenvalue weighted by Crippen LogP contribution is -2.54. The van der Waals surface area contributed by atoms with Gasteiger partial charge in [-0.1, -0.05) is 12.1 Å². The third-order valence-electron chi connectivity index (χ3n) is 4.83. The maximum absolute atomic E-state index is 13.1. The number of anilines is 1. The number of aromatic carboxylic acids is 1. The van der Waals surface area contributed by atoms with Crippen LogP contribution in [0.1, 0.15) is 21.6 Å². The van der Waals surface area contributed by atoms with E-state index in [1.807, 2.05) is 13.0 Å². The number of urea groups is 1. The van der Waals surface area contributed by atoms with Gasteiger partial charge in [-0.3, -0.25) is 14.9 Å². The molecule has 8 nitrogen and oxygen atoms in total. The molecule has 0 radical (unpaired) electrons. The van der Waals surface area contributed by atoms with Crippen molar-refractivity contribution in [3.05, 3.63) is 89.3 Å². The molecule has 2 aromatic carbocycles. The highest BCUT2D eigenvalue weighted by Gasteiger charge is 2.37. The van der Waals surface area contributed by atoms with Crippen LogP contribution in [0.5, 0.6) is 0 Å². The van der Waals surface area contributed by atoms with Crippen LogP contribution in [0.4, 0.5) is 10.5 Å². The van der Waals surface area contributed by atoms with Crippen molar-refractivity contribution in [2.75, 3.05) is 4.90 Å². The van der Waals surface area contributed by atoms with Crippen LogP contribution in [0, 0.1) is 6.92 Å². The van der Waals surface area contributed by atoms with Crippen molar-refractivity contribution in [3.8, 4) is 5.69 Å². The van der Waals surface area contributed by atoms with Gasteiger partial charge in [0.25, 0.3) is 11.8 Å². The van der Waals surface area contributed by atoms with Gasteiger partial charge in [-0.2, -0.15) is 0 Å². The van der Waals surface area contributed by atoms with Gasteiger partial charge in [-0.15, -0.1) is 0 Å². The van der Waals surface area contributed by atoms with Crippen LogP contribution < -0.4 is 10.2 Å². The van der Waals surface area contributed by atoms with Gasteiger partial charge >= 0.3 is 12.0 Å². The van der Waals surface area contributed by atoms with E-state index >= 15 is 0 Å². The van der Waals surface area contributed by atoms with E-state index in [4.69, 9.17) is 5.11 Å². The number of hydrogen-bond acceptors (Lipinski definition) is 4. The summed E-state index contributed by atoms with van der Waals surface area (Å²) in [7, 11) is 0. The van der Waals surface area contributed by atoms with Crippen molar-refractivity contribution in [2.24, 2.45) is 0 Å². The lowest BCUT2D eigenvalue weighted by atomic mass is 10.1. The predicted octanol–water partition coefficient (Wildman–Crippen LogP) is 3.15. The van der Waals surface area contributed by atoms with Crippen molar-refractivity contribution in [3.63, 3.8) is 0 Å². The summed E-state index contributed by atoms with van der Waals surface area (Å²) in [5.74, 6) is -2.55. The van der Waals surface area contributed by atoms with E-state index in [2.05, 4.69) is 5.32 Å². The fourth-order valence-electron chi connectivity index (χ4n) is 3.32. The molecule has 0 unspecified atom stereocenters. The molecule has 1 saturated heterocycles. The summed E-state index contributed by atoms with van der Waals surface area (Å²) in [6.07, 6.45) is 3.12. The van der Waals surface area contributed by atoms with Crippen LogP contribution in [0.25, 0.3) is 11.8 Å². The highest BCUT2D eigenvalue weighted by molar-refractivity contribution is 6.39. The Morgan fingerprint density at radius 3 is 2.39 bits per heavy atom. The molecule has 4 rings (SSSR count). The Morgan fingerprint density at radius 1 is 0.968 bits per heavy atom. The molecule has 2 N–H and O–H groups in total. The fraction of sp³-hybridized carbons (Fsp3) is 0.0435. The van der Waals surface area contributed by atoms with Crippen molar-refractivity contribution >= 4 is 35.6 Å². The van der Waals surface area contributed by atoms with E-state index in [0.717, 1.165) is 10.5 Å². The van der Waals surface area contributed by atoms with E-state index in [1.54, 1.807) is 53.2 Å². The van der Waals surface area contributed by atoms with Crippen LogP contribution in [0.3, 0.4) is 0 Å². The summed E-state index contributed by atoms with van der Waals surface area (Å²) in [6.45, 7) is 1.83. The second-order valence-corrected chi connectivity index (χ2v) is 6.95. The zero-order valence-electron chi connectivity index (χ0n) is 16.4. The minimum atomic E-state index is -1.04.